The average Bonchev–Trinajstić information content (AvgIpc) is 1.56. The Bertz CT molecular complexity index is 8610. The second kappa shape index (κ2) is 27.6. The van der Waals surface area contributed by atoms with E-state index in [9.17, 15) is 5.26 Å². The van der Waals surface area contributed by atoms with Crippen LogP contribution in [-0.2, 0) is 10.8 Å². The second-order valence-corrected chi connectivity index (χ2v) is 36.3. The highest BCUT2D eigenvalue weighted by molar-refractivity contribution is 8.00. The molecule has 23 aromatic rings. The summed E-state index contributed by atoms with van der Waals surface area (Å²) in [6.07, 6.45) is 0. The van der Waals surface area contributed by atoms with E-state index in [1.807, 2.05) is 35.7 Å². The van der Waals surface area contributed by atoms with Crippen LogP contribution in [0.5, 0.6) is 0 Å². The SMILES string of the molecule is N#Cc1ccc2c(c1)c1ccccc1n2-c1ccc(-c2ccc3nc(-c4ccc(-c5ccc(-c6ccc(-c7c8ccccc8c(-c8ccc9nc(-c%10ccccc%10)c%10ccc%11c(c%10c9c8)Sc8ccccc8C%118c9ccccc9-c9ccccc98)c8ccccc78)cc6)cc5)cc4)c4ccc5c(c4c3c2)Sc2ccccc2C52c3ccccc3-c3ccccc32)cc1. The van der Waals surface area contributed by atoms with Crippen molar-refractivity contribution in [2.45, 2.75) is 30.4 Å². The van der Waals surface area contributed by atoms with Crippen LogP contribution in [0.3, 0.4) is 0 Å². The summed E-state index contributed by atoms with van der Waals surface area (Å²) in [4.78, 5) is 16.4. The Morgan fingerprint density at radius 1 is 0.236 bits per heavy atom. The van der Waals surface area contributed by atoms with Gasteiger partial charge in [-0.1, -0.05) is 375 Å². The maximum Gasteiger partial charge on any atom is 0.0991 e. The minimum atomic E-state index is -0.559. The fourth-order valence-corrected chi connectivity index (χ4v) is 25.2. The third-order valence-corrected chi connectivity index (χ3v) is 30.4. The molecule has 2 aliphatic carbocycles. The van der Waals surface area contributed by atoms with Crippen molar-refractivity contribution in [2.75, 3.05) is 0 Å². The fourth-order valence-electron chi connectivity index (χ4n) is 22.5. The minimum Gasteiger partial charge on any atom is -0.309 e. The summed E-state index contributed by atoms with van der Waals surface area (Å²) >= 11 is 3.81. The third-order valence-electron chi connectivity index (χ3n) is 28.0. The van der Waals surface area contributed by atoms with Crippen molar-refractivity contribution in [1.82, 2.24) is 14.5 Å². The van der Waals surface area contributed by atoms with Crippen molar-refractivity contribution >= 4 is 110 Å². The molecule has 0 fully saturated rings. The van der Waals surface area contributed by atoms with Gasteiger partial charge in [-0.3, -0.25) is 0 Å². The molecule has 0 N–H and O–H groups in total. The Balaban J connectivity index is 0.542. The lowest BCUT2D eigenvalue weighted by atomic mass is 9.67. The summed E-state index contributed by atoms with van der Waals surface area (Å²) in [5, 5.41) is 23.9. The van der Waals surface area contributed by atoms with Crippen LogP contribution in [0.1, 0.15) is 50.1 Å². The summed E-state index contributed by atoms with van der Waals surface area (Å²) in [6, 6.07) is 160. The lowest BCUT2D eigenvalue weighted by Gasteiger charge is -2.40. The van der Waals surface area contributed by atoms with Gasteiger partial charge in [-0.2, -0.15) is 5.26 Å². The Hall–Kier alpha value is -15.8. The minimum absolute atomic E-state index is 0.532. The van der Waals surface area contributed by atoms with Crippen LogP contribution in [0.2, 0.25) is 0 Å². The number of benzene rings is 20. The van der Waals surface area contributed by atoms with Crippen LogP contribution >= 0.6 is 23.5 Å². The predicted molar refractivity (Wildman–Crippen MR) is 527 cm³/mol. The van der Waals surface area contributed by atoms with Gasteiger partial charge >= 0.3 is 0 Å². The molecule has 0 amide bonds. The van der Waals surface area contributed by atoms with Gasteiger partial charge in [0.15, 0.2) is 0 Å². The monoisotopic (exact) mass is 1640 g/mol. The summed E-state index contributed by atoms with van der Waals surface area (Å²) < 4.78 is 2.31. The van der Waals surface area contributed by atoms with Gasteiger partial charge in [-0.05, 0) is 217 Å². The maximum absolute atomic E-state index is 9.91. The second-order valence-electron chi connectivity index (χ2n) is 34.2. The number of nitriles is 1. The largest absolute Gasteiger partial charge is 0.309 e. The Labute approximate surface area is 741 Å². The van der Waals surface area contributed by atoms with E-state index >= 15 is 0 Å². The van der Waals surface area contributed by atoms with Gasteiger partial charge in [0.1, 0.15) is 0 Å². The summed E-state index contributed by atoms with van der Waals surface area (Å²) in [7, 11) is 0. The van der Waals surface area contributed by atoms with Gasteiger partial charge < -0.3 is 4.57 Å². The zero-order chi connectivity index (χ0) is 83.3. The van der Waals surface area contributed by atoms with Crippen molar-refractivity contribution in [2.24, 2.45) is 0 Å². The first-order valence-electron chi connectivity index (χ1n) is 43.5. The number of rotatable bonds is 8. The van der Waals surface area contributed by atoms with Crippen LogP contribution in [0.25, 0.3) is 193 Å². The van der Waals surface area contributed by atoms with Crippen LogP contribution in [-0.4, -0.2) is 14.5 Å². The number of nitrogens with zero attached hydrogens (tertiary/aromatic N) is 4. The number of hydrogen-bond donors (Lipinski definition) is 0. The van der Waals surface area contributed by atoms with Crippen molar-refractivity contribution in [3.8, 4) is 112 Å². The molecule has 2 aliphatic heterocycles. The zero-order valence-corrected chi connectivity index (χ0v) is 70.2. The molecule has 127 heavy (non-hydrogen) atoms. The van der Waals surface area contributed by atoms with E-state index in [0.29, 0.717) is 5.56 Å². The lowest BCUT2D eigenvalue weighted by molar-refractivity contribution is 0.726. The van der Waals surface area contributed by atoms with Gasteiger partial charge in [-0.15, -0.1) is 0 Å². The van der Waals surface area contributed by atoms with E-state index in [4.69, 9.17) is 9.97 Å². The molecule has 27 rings (SSSR count). The van der Waals surface area contributed by atoms with Crippen molar-refractivity contribution in [3.63, 3.8) is 0 Å². The van der Waals surface area contributed by atoms with E-state index in [0.717, 1.165) is 122 Å². The molecule has 0 saturated heterocycles. The van der Waals surface area contributed by atoms with E-state index in [-0.39, 0.29) is 0 Å². The molecule has 4 aliphatic rings. The number of fused-ring (bicyclic) bond motifs is 31. The van der Waals surface area contributed by atoms with Gasteiger partial charge in [0.2, 0.25) is 0 Å². The number of pyridine rings is 2. The molecule has 4 nitrogen and oxygen atoms in total. The molecule has 586 valence electrons. The first-order chi connectivity index (χ1) is 62.9. The van der Waals surface area contributed by atoms with Crippen molar-refractivity contribution in [1.29, 1.82) is 5.26 Å². The zero-order valence-electron chi connectivity index (χ0n) is 68.5. The Morgan fingerprint density at radius 2 is 0.591 bits per heavy atom. The number of hydrogen-bond acceptors (Lipinski definition) is 5. The molecular formula is C121H70N4S2. The van der Waals surface area contributed by atoms with Gasteiger partial charge in [0.05, 0.1) is 55.9 Å². The van der Waals surface area contributed by atoms with Crippen LogP contribution in [0.4, 0.5) is 0 Å². The van der Waals surface area contributed by atoms with Crippen molar-refractivity contribution in [3.05, 3.63) is 475 Å². The highest BCUT2D eigenvalue weighted by Gasteiger charge is 2.53. The molecule has 3 aromatic heterocycles. The Kier molecular flexibility index (Phi) is 15.6. The first-order valence-corrected chi connectivity index (χ1v) is 45.2. The lowest BCUT2D eigenvalue weighted by Crippen LogP contribution is -2.32. The van der Waals surface area contributed by atoms with Crippen LogP contribution < -0.4 is 0 Å². The fraction of sp³-hybridized carbons (Fsp3) is 0.0165. The topological polar surface area (TPSA) is 54.5 Å². The standard InChI is InChI=1S/C121H70N4S2/c122-71-72-42-67-109-95(68-72)88-28-12-19-39-108(88)125(109)83-59-55-77(56-60-83)81-57-65-106-96(69-81)114-94(62-64-104-118(114)126-110-40-20-17-37-102(110)120(104)98-33-13-8-24-84(98)85-25-9-14-34-99(85)120)117(124-106)80-53-49-76(50-54-80)74-45-43-73(44-46-74)75-47-51-78(52-48-75)112-89-29-4-6-31-91(89)113(92-32-7-5-30-90(92)112)82-58-66-107-97(70-82)115-93(116(123-107)79-22-2-1-3-23-79)61-63-105-119(115)127-111-41-21-18-38-103(111)121(105)100-35-15-10-26-86(100)87-27-11-16-36-101(87)121/h1-70H. The quantitative estimate of drug-likeness (QED) is 0.112. The Morgan fingerprint density at radius 3 is 1.07 bits per heavy atom. The molecule has 5 heterocycles. The molecule has 2 spiro atoms. The number of aromatic nitrogens is 3. The molecule has 0 radical (unpaired) electrons. The summed E-state index contributed by atoms with van der Waals surface area (Å²) in [5.41, 5.74) is 36.0. The van der Waals surface area contributed by atoms with E-state index in [1.165, 1.54) is 135 Å². The average molecular weight is 1640 g/mol. The molecule has 0 bridgehead atoms. The first kappa shape index (κ1) is 71.8. The maximum atomic E-state index is 9.91. The summed E-state index contributed by atoms with van der Waals surface area (Å²) in [5.74, 6) is 0. The van der Waals surface area contributed by atoms with E-state index in [1.54, 1.807) is 0 Å². The smallest absolute Gasteiger partial charge is 0.0991 e. The highest BCUT2D eigenvalue weighted by Crippen LogP contribution is 2.66. The van der Waals surface area contributed by atoms with E-state index < -0.39 is 10.8 Å². The number of para-hydroxylation sites is 1. The van der Waals surface area contributed by atoms with Gasteiger partial charge in [-0.25, -0.2) is 9.97 Å². The van der Waals surface area contributed by atoms with Crippen LogP contribution in [0.15, 0.2) is 444 Å². The van der Waals surface area contributed by atoms with Gasteiger partial charge in [0.25, 0.3) is 0 Å². The third kappa shape index (κ3) is 10.3. The summed E-state index contributed by atoms with van der Waals surface area (Å²) in [6.45, 7) is 0. The normalized spacial score (nSPS) is 13.4. The molecule has 6 heteroatoms. The molecule has 20 aromatic carbocycles. The molecule has 0 saturated carbocycles. The molecule has 0 unspecified atom stereocenters. The molecular weight excluding hydrogens is 1570 g/mol. The van der Waals surface area contributed by atoms with Crippen LogP contribution in [0, 0.1) is 11.3 Å². The predicted octanol–water partition coefficient (Wildman–Crippen LogP) is 31.7. The molecule has 0 atom stereocenters. The van der Waals surface area contributed by atoms with Gasteiger partial charge in [0, 0.05) is 79.5 Å². The van der Waals surface area contributed by atoms with Crippen molar-refractivity contribution < 1.29 is 0 Å². The highest BCUT2D eigenvalue weighted by atomic mass is 32.2. The van der Waals surface area contributed by atoms with E-state index in [2.05, 4.69) is 423 Å².